The topological polar surface area (TPSA) is 49.3 Å². The molecule has 102 valence electrons. The van der Waals surface area contributed by atoms with Crippen molar-refractivity contribution < 1.29 is 14.3 Å². The fourth-order valence-corrected chi connectivity index (χ4v) is 1.36. The fourth-order valence-electron chi connectivity index (χ4n) is 1.36. The first-order valence-electron chi connectivity index (χ1n) is 6.28. The van der Waals surface area contributed by atoms with Crippen molar-refractivity contribution in [2.75, 3.05) is 11.9 Å². The van der Waals surface area contributed by atoms with Gasteiger partial charge in [-0.25, -0.2) is 4.39 Å². The lowest BCUT2D eigenvalue weighted by Gasteiger charge is -2.10. The molecule has 3 nitrogen and oxygen atoms in total. The maximum Gasteiger partial charge on any atom is 0.227 e. The molecule has 19 heavy (non-hydrogen) atoms. The van der Waals surface area contributed by atoms with Crippen LogP contribution in [0.4, 0.5) is 10.1 Å². The van der Waals surface area contributed by atoms with Crippen molar-refractivity contribution in [3.8, 4) is 11.8 Å². The summed E-state index contributed by atoms with van der Waals surface area (Å²) >= 11 is 0. The van der Waals surface area contributed by atoms with Crippen LogP contribution in [0.1, 0.15) is 32.3 Å². The number of amides is 1. The molecule has 1 unspecified atom stereocenters. The first kappa shape index (κ1) is 15.2. The predicted molar refractivity (Wildman–Crippen MR) is 73.1 cm³/mol. The van der Waals surface area contributed by atoms with Crippen LogP contribution in [0.5, 0.6) is 0 Å². The lowest BCUT2D eigenvalue weighted by molar-refractivity contribution is -0.119. The Kier molecular flexibility index (Phi) is 6.04. The van der Waals surface area contributed by atoms with E-state index in [1.54, 1.807) is 6.07 Å². The Hall–Kier alpha value is -1.86. The van der Waals surface area contributed by atoms with Gasteiger partial charge >= 0.3 is 0 Å². The Morgan fingerprint density at radius 3 is 2.84 bits per heavy atom. The molecule has 0 saturated carbocycles. The van der Waals surface area contributed by atoms with Crippen LogP contribution < -0.4 is 5.32 Å². The highest BCUT2D eigenvalue weighted by atomic mass is 19.1. The van der Waals surface area contributed by atoms with E-state index in [4.69, 9.17) is 5.11 Å². The van der Waals surface area contributed by atoms with E-state index >= 15 is 0 Å². The molecular weight excluding hydrogens is 245 g/mol. The van der Waals surface area contributed by atoms with Crippen molar-refractivity contribution in [3.63, 3.8) is 0 Å². The Bertz CT molecular complexity index is 503. The molecular formula is C15H18FNO2. The molecule has 1 aromatic rings. The van der Waals surface area contributed by atoms with Crippen molar-refractivity contribution in [1.82, 2.24) is 0 Å². The lowest BCUT2D eigenvalue weighted by Crippen LogP contribution is -2.19. The van der Waals surface area contributed by atoms with Crippen LogP contribution in [0.15, 0.2) is 18.2 Å². The summed E-state index contributed by atoms with van der Waals surface area (Å²) in [6.45, 7) is 3.70. The number of carbonyl (C=O) groups is 1. The second-order valence-corrected chi connectivity index (χ2v) is 4.27. The van der Waals surface area contributed by atoms with Crippen LogP contribution in [-0.2, 0) is 4.79 Å². The van der Waals surface area contributed by atoms with Gasteiger partial charge in [0, 0.05) is 18.0 Å². The van der Waals surface area contributed by atoms with E-state index < -0.39 is 5.82 Å². The molecule has 0 bridgehead atoms. The number of hydrogen-bond donors (Lipinski definition) is 2. The second-order valence-electron chi connectivity index (χ2n) is 4.27. The third-order valence-corrected chi connectivity index (χ3v) is 2.76. The molecule has 0 aliphatic carbocycles. The molecule has 0 fully saturated rings. The highest BCUT2D eigenvalue weighted by Crippen LogP contribution is 2.15. The second kappa shape index (κ2) is 7.55. The molecule has 1 rings (SSSR count). The number of rotatable bonds is 4. The van der Waals surface area contributed by atoms with E-state index in [0.29, 0.717) is 12.1 Å². The average Bonchev–Trinajstić information content (AvgIpc) is 2.40. The third-order valence-electron chi connectivity index (χ3n) is 2.76. The maximum atomic E-state index is 13.7. The molecule has 0 saturated heterocycles. The summed E-state index contributed by atoms with van der Waals surface area (Å²) in [7, 11) is 0. The highest BCUT2D eigenvalue weighted by molar-refractivity contribution is 5.92. The lowest BCUT2D eigenvalue weighted by atomic mass is 10.1. The number of aliphatic hydroxyl groups excluding tert-OH is 1. The zero-order chi connectivity index (χ0) is 14.3. The monoisotopic (exact) mass is 263 g/mol. The maximum absolute atomic E-state index is 13.7. The SMILES string of the molecule is CCC(C)C(=O)Nc1ccc(C#CCCO)c(F)c1. The first-order valence-corrected chi connectivity index (χ1v) is 6.28. The molecule has 0 aliphatic heterocycles. The molecule has 1 aromatic carbocycles. The standard InChI is InChI=1S/C15H18FNO2/c1-3-11(2)15(19)17-13-8-7-12(14(16)10-13)6-4-5-9-18/h7-8,10-11,18H,3,5,9H2,1-2H3,(H,17,19). The van der Waals surface area contributed by atoms with Crippen molar-refractivity contribution in [1.29, 1.82) is 0 Å². The van der Waals surface area contributed by atoms with Crippen molar-refractivity contribution in [2.24, 2.45) is 5.92 Å². The molecule has 0 spiro atoms. The predicted octanol–water partition coefficient (Wildman–Crippen LogP) is 2.54. The van der Waals surface area contributed by atoms with Crippen LogP contribution in [0.2, 0.25) is 0 Å². The van der Waals surface area contributed by atoms with E-state index in [0.717, 1.165) is 6.42 Å². The number of carbonyl (C=O) groups excluding carboxylic acids is 1. The normalized spacial score (nSPS) is 11.4. The summed E-state index contributed by atoms with van der Waals surface area (Å²) in [6, 6.07) is 4.39. The Morgan fingerprint density at radius 2 is 2.26 bits per heavy atom. The van der Waals surface area contributed by atoms with Gasteiger partial charge in [-0.2, -0.15) is 0 Å². The molecule has 0 radical (unpaired) electrons. The van der Waals surface area contributed by atoms with E-state index in [9.17, 15) is 9.18 Å². The average molecular weight is 263 g/mol. The number of benzene rings is 1. The number of aliphatic hydroxyl groups is 1. The van der Waals surface area contributed by atoms with Gasteiger partial charge in [0.25, 0.3) is 0 Å². The van der Waals surface area contributed by atoms with Crippen molar-refractivity contribution >= 4 is 11.6 Å². The largest absolute Gasteiger partial charge is 0.395 e. The van der Waals surface area contributed by atoms with E-state index in [1.165, 1.54) is 12.1 Å². The van der Waals surface area contributed by atoms with Crippen LogP contribution in [0.3, 0.4) is 0 Å². The molecule has 1 atom stereocenters. The molecule has 0 heterocycles. The van der Waals surface area contributed by atoms with Crippen molar-refractivity contribution in [3.05, 3.63) is 29.6 Å². The van der Waals surface area contributed by atoms with E-state index in [-0.39, 0.29) is 24.0 Å². The quantitative estimate of drug-likeness (QED) is 0.820. The molecule has 1 amide bonds. The zero-order valence-electron chi connectivity index (χ0n) is 11.2. The highest BCUT2D eigenvalue weighted by Gasteiger charge is 2.11. The van der Waals surface area contributed by atoms with Gasteiger partial charge in [0.1, 0.15) is 5.82 Å². The molecule has 2 N–H and O–H groups in total. The first-order chi connectivity index (χ1) is 9.08. The summed E-state index contributed by atoms with van der Waals surface area (Å²) < 4.78 is 13.7. The van der Waals surface area contributed by atoms with Crippen LogP contribution >= 0.6 is 0 Å². The van der Waals surface area contributed by atoms with Gasteiger partial charge in [0.15, 0.2) is 0 Å². The Labute approximate surface area is 112 Å². The number of nitrogens with one attached hydrogen (secondary N) is 1. The van der Waals surface area contributed by atoms with Gasteiger partial charge < -0.3 is 10.4 Å². The zero-order valence-corrected chi connectivity index (χ0v) is 11.2. The van der Waals surface area contributed by atoms with E-state index in [2.05, 4.69) is 17.2 Å². The van der Waals surface area contributed by atoms with Gasteiger partial charge in [-0.05, 0) is 24.6 Å². The van der Waals surface area contributed by atoms with Gasteiger partial charge in [0.05, 0.1) is 12.2 Å². The summed E-state index contributed by atoms with van der Waals surface area (Å²) in [5, 5.41) is 11.2. The summed E-state index contributed by atoms with van der Waals surface area (Å²) in [5.41, 5.74) is 0.686. The van der Waals surface area contributed by atoms with Gasteiger partial charge in [-0.15, -0.1) is 0 Å². The van der Waals surface area contributed by atoms with Crippen molar-refractivity contribution in [2.45, 2.75) is 26.7 Å². The fraction of sp³-hybridized carbons (Fsp3) is 0.400. The number of anilines is 1. The van der Waals surface area contributed by atoms with Crippen LogP contribution in [0.25, 0.3) is 0 Å². The minimum absolute atomic E-state index is 0.0440. The minimum Gasteiger partial charge on any atom is -0.395 e. The van der Waals surface area contributed by atoms with E-state index in [1.807, 2.05) is 13.8 Å². The molecule has 4 heteroatoms. The summed E-state index contributed by atoms with van der Waals surface area (Å²) in [4.78, 5) is 11.7. The number of halogens is 1. The smallest absolute Gasteiger partial charge is 0.227 e. The molecule has 0 aliphatic rings. The Morgan fingerprint density at radius 1 is 1.53 bits per heavy atom. The third kappa shape index (κ3) is 4.72. The molecule has 0 aromatic heterocycles. The van der Waals surface area contributed by atoms with Crippen LogP contribution in [0, 0.1) is 23.6 Å². The summed E-state index contributed by atoms with van der Waals surface area (Å²) in [6.07, 6.45) is 1.05. The minimum atomic E-state index is -0.479. The number of hydrogen-bond acceptors (Lipinski definition) is 2. The van der Waals surface area contributed by atoms with Gasteiger partial charge in [-0.1, -0.05) is 25.7 Å². The van der Waals surface area contributed by atoms with Crippen LogP contribution in [-0.4, -0.2) is 17.6 Å². The van der Waals surface area contributed by atoms with Gasteiger partial charge in [0.2, 0.25) is 5.91 Å². The van der Waals surface area contributed by atoms with Gasteiger partial charge in [-0.3, -0.25) is 4.79 Å². The summed E-state index contributed by atoms with van der Waals surface area (Å²) in [5.74, 6) is 4.58. The Balaban J connectivity index is 2.78.